The van der Waals surface area contributed by atoms with Gasteiger partial charge in [-0.3, -0.25) is 4.79 Å². The van der Waals surface area contributed by atoms with Crippen LogP contribution in [0.4, 0.5) is 0 Å². The van der Waals surface area contributed by atoms with E-state index >= 15 is 0 Å². The highest BCUT2D eigenvalue weighted by Gasteiger charge is 2.39. The number of nitrogens with zero attached hydrogens (tertiary/aromatic N) is 1. The van der Waals surface area contributed by atoms with Gasteiger partial charge >= 0.3 is 0 Å². The molecule has 3 atom stereocenters. The van der Waals surface area contributed by atoms with Crippen LogP contribution in [0, 0.1) is 5.92 Å². The van der Waals surface area contributed by atoms with Gasteiger partial charge in [0.2, 0.25) is 6.29 Å². The molecule has 3 aromatic carbocycles. The van der Waals surface area contributed by atoms with Crippen LogP contribution in [0.2, 0.25) is 0 Å². The molecule has 2 aliphatic rings. The standard InChI is InChI=1S/C35H39N3O6/c1-2-43-35-27(14-16-41-18-19-42-17-15-39)29(26-11-7-10-25-24-9-4-3-8-23(24)20-28(25)26)21-32(44-35)34(40)36-22-33-37-30-12-5-6-13-31(30)38-33/h3-13,21,27,29,35,39H,2,14-20,22H2,1H3,(H,36,40)(H,37,38)/t27-,29+,35+/m0/s1. The second kappa shape index (κ2) is 14.2. The first-order valence-electron chi connectivity index (χ1n) is 15.3. The lowest BCUT2D eigenvalue weighted by Gasteiger charge is -2.37. The number of nitrogens with one attached hydrogen (secondary N) is 2. The Morgan fingerprint density at radius 1 is 1.00 bits per heavy atom. The average Bonchev–Trinajstić information content (AvgIpc) is 3.65. The van der Waals surface area contributed by atoms with Crippen LogP contribution >= 0.6 is 0 Å². The lowest BCUT2D eigenvalue weighted by Crippen LogP contribution is -2.39. The monoisotopic (exact) mass is 597 g/mol. The molecule has 0 unspecified atom stereocenters. The second-order valence-corrected chi connectivity index (χ2v) is 11.0. The van der Waals surface area contributed by atoms with E-state index in [0.29, 0.717) is 45.3 Å². The SMILES string of the molecule is CCO[C@@H]1OC(C(=O)NCc2nc3ccccc3[nH]2)=C[C@H](c2cccc3c2Cc2ccccc2-3)[C@@H]1CCOCCOCCO. The van der Waals surface area contributed by atoms with Gasteiger partial charge in [-0.05, 0) is 65.8 Å². The maximum atomic E-state index is 13.6. The number of carbonyl (C=O) groups excluding carboxylic acids is 1. The molecule has 0 saturated carbocycles. The first kappa shape index (κ1) is 30.0. The summed E-state index contributed by atoms with van der Waals surface area (Å²) < 4.78 is 23.7. The fraction of sp³-hybridized carbons (Fsp3) is 0.371. The summed E-state index contributed by atoms with van der Waals surface area (Å²) in [6, 6.07) is 22.7. The Bertz CT molecular complexity index is 1580. The lowest BCUT2D eigenvalue weighted by molar-refractivity contribution is -0.168. The van der Waals surface area contributed by atoms with Crippen molar-refractivity contribution in [2.45, 2.75) is 38.5 Å². The van der Waals surface area contributed by atoms with Crippen molar-refractivity contribution < 1.29 is 28.8 Å². The number of ether oxygens (including phenoxy) is 4. The number of rotatable bonds is 14. The van der Waals surface area contributed by atoms with Crippen LogP contribution in [0.15, 0.2) is 78.6 Å². The minimum absolute atomic E-state index is 0.0110. The number of aliphatic hydroxyl groups is 1. The second-order valence-electron chi connectivity index (χ2n) is 11.0. The molecule has 1 aliphatic carbocycles. The molecule has 0 radical (unpaired) electrons. The molecule has 4 aromatic rings. The average molecular weight is 598 g/mol. The molecule has 44 heavy (non-hydrogen) atoms. The fourth-order valence-electron chi connectivity index (χ4n) is 6.24. The third kappa shape index (κ3) is 6.56. The van der Waals surface area contributed by atoms with Crippen molar-refractivity contribution in [1.29, 1.82) is 0 Å². The van der Waals surface area contributed by atoms with Crippen molar-refractivity contribution in [1.82, 2.24) is 15.3 Å². The molecule has 1 amide bonds. The van der Waals surface area contributed by atoms with E-state index in [1.54, 1.807) is 0 Å². The van der Waals surface area contributed by atoms with Crippen molar-refractivity contribution >= 4 is 16.9 Å². The Hall–Kier alpha value is -4.02. The van der Waals surface area contributed by atoms with E-state index < -0.39 is 6.29 Å². The van der Waals surface area contributed by atoms with E-state index in [4.69, 9.17) is 24.1 Å². The number of amides is 1. The van der Waals surface area contributed by atoms with E-state index in [0.717, 1.165) is 17.5 Å². The fourth-order valence-corrected chi connectivity index (χ4v) is 6.24. The first-order chi connectivity index (χ1) is 21.7. The van der Waals surface area contributed by atoms with Gasteiger partial charge in [0, 0.05) is 25.0 Å². The van der Waals surface area contributed by atoms with Crippen LogP contribution in [-0.2, 0) is 36.7 Å². The zero-order chi connectivity index (χ0) is 30.3. The van der Waals surface area contributed by atoms with Crippen molar-refractivity contribution in [2.75, 3.05) is 39.6 Å². The summed E-state index contributed by atoms with van der Waals surface area (Å²) >= 11 is 0. The molecular weight excluding hydrogens is 558 g/mol. The van der Waals surface area contributed by atoms with Gasteiger partial charge in [-0.2, -0.15) is 0 Å². The number of hydrogen-bond acceptors (Lipinski definition) is 7. The molecule has 0 bridgehead atoms. The molecule has 9 heteroatoms. The number of aromatic nitrogens is 2. The maximum Gasteiger partial charge on any atom is 0.286 e. The topological polar surface area (TPSA) is 115 Å². The van der Waals surface area contributed by atoms with Gasteiger partial charge in [0.25, 0.3) is 5.91 Å². The molecule has 9 nitrogen and oxygen atoms in total. The van der Waals surface area contributed by atoms with Gasteiger partial charge in [0.15, 0.2) is 5.76 Å². The molecule has 0 fully saturated rings. The number of aliphatic hydroxyl groups excluding tert-OH is 1. The minimum Gasteiger partial charge on any atom is -0.459 e. The van der Waals surface area contributed by atoms with Gasteiger partial charge in [-0.1, -0.05) is 54.6 Å². The molecule has 0 saturated heterocycles. The van der Waals surface area contributed by atoms with Crippen molar-refractivity contribution in [3.8, 4) is 11.1 Å². The highest BCUT2D eigenvalue weighted by molar-refractivity contribution is 5.92. The van der Waals surface area contributed by atoms with Crippen LogP contribution < -0.4 is 5.32 Å². The van der Waals surface area contributed by atoms with E-state index in [-0.39, 0.29) is 36.7 Å². The molecular formula is C35H39N3O6. The highest BCUT2D eigenvalue weighted by atomic mass is 16.7. The van der Waals surface area contributed by atoms with Crippen LogP contribution in [0.3, 0.4) is 0 Å². The number of para-hydroxylation sites is 2. The Labute approximate surface area is 257 Å². The number of imidazole rings is 1. The Morgan fingerprint density at radius 3 is 2.64 bits per heavy atom. The van der Waals surface area contributed by atoms with E-state index in [1.807, 2.05) is 37.3 Å². The van der Waals surface area contributed by atoms with Crippen molar-refractivity contribution in [3.05, 3.63) is 101 Å². The molecule has 0 spiro atoms. The Kier molecular flexibility index (Phi) is 9.67. The van der Waals surface area contributed by atoms with Crippen LogP contribution in [0.5, 0.6) is 0 Å². The lowest BCUT2D eigenvalue weighted by atomic mass is 9.78. The quantitative estimate of drug-likeness (QED) is 0.157. The Balaban J connectivity index is 1.26. The predicted molar refractivity (Wildman–Crippen MR) is 167 cm³/mol. The van der Waals surface area contributed by atoms with Gasteiger partial charge in [-0.25, -0.2) is 4.98 Å². The molecule has 3 N–H and O–H groups in total. The summed E-state index contributed by atoms with van der Waals surface area (Å²) in [5, 5.41) is 11.9. The zero-order valence-electron chi connectivity index (χ0n) is 25.0. The van der Waals surface area contributed by atoms with Crippen molar-refractivity contribution in [3.63, 3.8) is 0 Å². The predicted octanol–water partition coefficient (Wildman–Crippen LogP) is 4.84. The summed E-state index contributed by atoms with van der Waals surface area (Å²) in [7, 11) is 0. The first-order valence-corrected chi connectivity index (χ1v) is 15.3. The highest BCUT2D eigenvalue weighted by Crippen LogP contribution is 2.45. The van der Waals surface area contributed by atoms with Gasteiger partial charge in [0.1, 0.15) is 5.82 Å². The minimum atomic E-state index is -0.629. The summed E-state index contributed by atoms with van der Waals surface area (Å²) in [5.74, 6) is 0.380. The summed E-state index contributed by atoms with van der Waals surface area (Å²) in [4.78, 5) is 21.4. The smallest absolute Gasteiger partial charge is 0.286 e. The number of benzene rings is 3. The number of aromatic amines is 1. The third-order valence-corrected chi connectivity index (χ3v) is 8.24. The van der Waals surface area contributed by atoms with Crippen LogP contribution in [-0.4, -0.2) is 66.9 Å². The van der Waals surface area contributed by atoms with E-state index in [2.05, 4.69) is 57.7 Å². The van der Waals surface area contributed by atoms with E-state index in [9.17, 15) is 4.79 Å². The number of hydrogen-bond donors (Lipinski definition) is 3. The van der Waals surface area contributed by atoms with Gasteiger partial charge in [-0.15, -0.1) is 0 Å². The number of allylic oxidation sites excluding steroid dienone is 1. The molecule has 2 heterocycles. The summed E-state index contributed by atoms with van der Waals surface area (Å²) in [6.07, 6.45) is 2.83. The normalized spacial score (nSPS) is 18.9. The Morgan fingerprint density at radius 2 is 1.80 bits per heavy atom. The maximum absolute atomic E-state index is 13.6. The van der Waals surface area contributed by atoms with Crippen LogP contribution in [0.25, 0.3) is 22.2 Å². The molecule has 230 valence electrons. The number of H-pyrrole nitrogens is 1. The third-order valence-electron chi connectivity index (χ3n) is 8.24. The van der Waals surface area contributed by atoms with Gasteiger partial charge in [0.05, 0.1) is 44.0 Å². The largest absolute Gasteiger partial charge is 0.459 e. The van der Waals surface area contributed by atoms with Crippen molar-refractivity contribution in [2.24, 2.45) is 5.92 Å². The molecule has 1 aromatic heterocycles. The van der Waals surface area contributed by atoms with E-state index in [1.165, 1.54) is 27.8 Å². The summed E-state index contributed by atoms with van der Waals surface area (Å²) in [5.41, 5.74) is 8.02. The zero-order valence-corrected chi connectivity index (χ0v) is 25.0. The van der Waals surface area contributed by atoms with Crippen LogP contribution in [0.1, 0.15) is 41.8 Å². The molecule has 1 aliphatic heterocycles. The molecule has 6 rings (SSSR count). The number of carbonyl (C=O) groups is 1. The summed E-state index contributed by atoms with van der Waals surface area (Å²) in [6.45, 7) is 4.22. The number of fused-ring (bicyclic) bond motifs is 4. The van der Waals surface area contributed by atoms with Gasteiger partial charge < -0.3 is 34.4 Å².